The highest BCUT2D eigenvalue weighted by molar-refractivity contribution is 7.46. The highest BCUT2D eigenvalue weighted by Gasteiger charge is 2.12. The molecule has 0 heterocycles. The Morgan fingerprint density at radius 2 is 0.757 bits per heavy atom. The van der Waals surface area contributed by atoms with Gasteiger partial charge in [-0.15, -0.1) is 0 Å². The Morgan fingerprint density at radius 3 is 0.946 bits per heavy atom. The molecule has 0 bridgehead atoms. The van der Waals surface area contributed by atoms with Gasteiger partial charge in [0, 0.05) is 24.2 Å². The lowest BCUT2D eigenvalue weighted by atomic mass is 10.0. The molecule has 0 saturated heterocycles. The molecule has 0 aliphatic carbocycles. The Balaban J connectivity index is -0.000000670. The molecule has 228 valence electrons. The Morgan fingerprint density at radius 1 is 0.514 bits per heavy atom. The summed E-state index contributed by atoms with van der Waals surface area (Å²) < 4.78 is 14.9. The van der Waals surface area contributed by atoms with E-state index < -0.39 is 7.82 Å². The number of phosphoric acid groups is 1. The quantitative estimate of drug-likeness (QED) is 0.0791. The molecular weight excluding hydrogens is 483 g/mol. The van der Waals surface area contributed by atoms with Crippen molar-refractivity contribution in [2.45, 2.75) is 189 Å². The van der Waals surface area contributed by atoms with Crippen molar-refractivity contribution in [1.82, 2.24) is 10.6 Å². The van der Waals surface area contributed by atoms with Crippen molar-refractivity contribution in [3.05, 3.63) is 0 Å². The summed E-state index contributed by atoms with van der Waals surface area (Å²) >= 11 is 0. The fourth-order valence-electron chi connectivity index (χ4n) is 4.17. The molecule has 0 spiro atoms. The van der Waals surface area contributed by atoms with Gasteiger partial charge in [-0.05, 0) is 6.42 Å². The number of phosphoric ester groups is 1. The van der Waals surface area contributed by atoms with Crippen LogP contribution in [0.5, 0.6) is 0 Å². The second-order valence-electron chi connectivity index (χ2n) is 11.6. The number of hydrogen-bond acceptors (Lipinski definition) is 4. The third kappa shape index (κ3) is 53.1. The van der Waals surface area contributed by atoms with Crippen LogP contribution in [-0.2, 0) is 9.09 Å². The molecule has 0 radical (unpaired) electrons. The summed E-state index contributed by atoms with van der Waals surface area (Å²) in [7, 11) is -4.26. The van der Waals surface area contributed by atoms with Crippen LogP contribution in [0.15, 0.2) is 0 Å². The molecule has 0 rings (SSSR count). The molecule has 6 nitrogen and oxygen atoms in total. The first kappa shape index (κ1) is 41.5. The van der Waals surface area contributed by atoms with Crippen molar-refractivity contribution in [1.29, 1.82) is 0 Å². The SMILES string of the molecule is CC(C)NC(C)C.CC(C)NC(C)C.CCCCCCCCCCCCCCCCCCOP(=O)(O)O. The molecule has 0 aromatic carbocycles. The largest absolute Gasteiger partial charge is 0.469 e. The Kier molecular flexibility index (Phi) is 34.3. The number of nitrogens with one attached hydrogen (secondary N) is 2. The van der Waals surface area contributed by atoms with Gasteiger partial charge < -0.3 is 20.4 Å². The number of unbranched alkanes of at least 4 members (excludes halogenated alkanes) is 15. The zero-order valence-electron chi connectivity index (χ0n) is 26.5. The van der Waals surface area contributed by atoms with Gasteiger partial charge in [0.1, 0.15) is 0 Å². The van der Waals surface area contributed by atoms with Crippen LogP contribution in [0, 0.1) is 0 Å². The maximum Gasteiger partial charge on any atom is 0.469 e. The first-order chi connectivity index (χ1) is 17.3. The van der Waals surface area contributed by atoms with Gasteiger partial charge in [-0.1, -0.05) is 159 Å². The predicted molar refractivity (Wildman–Crippen MR) is 164 cm³/mol. The summed E-state index contributed by atoms with van der Waals surface area (Å²) in [4.78, 5) is 17.1. The standard InChI is InChI=1S/C18H39O4P.2C6H15N/c1-2-3-4-5-6-7-8-9-10-11-12-13-14-15-16-17-18-22-23(19,20)21;2*1-5(2)7-6(3)4/h2-18H2,1H3,(H2,19,20,21);2*5-7H,1-4H3. The highest BCUT2D eigenvalue weighted by atomic mass is 31.2. The average molecular weight is 553 g/mol. The highest BCUT2D eigenvalue weighted by Crippen LogP contribution is 2.35. The molecule has 0 saturated carbocycles. The van der Waals surface area contributed by atoms with Crippen molar-refractivity contribution in [2.24, 2.45) is 0 Å². The van der Waals surface area contributed by atoms with Crippen LogP contribution in [-0.4, -0.2) is 40.6 Å². The van der Waals surface area contributed by atoms with E-state index in [0.29, 0.717) is 24.2 Å². The zero-order chi connectivity index (χ0) is 29.0. The van der Waals surface area contributed by atoms with Crippen molar-refractivity contribution in [2.75, 3.05) is 6.61 Å². The van der Waals surface area contributed by atoms with Crippen molar-refractivity contribution >= 4 is 7.82 Å². The van der Waals surface area contributed by atoms with Crippen LogP contribution in [0.4, 0.5) is 0 Å². The second-order valence-corrected chi connectivity index (χ2v) is 12.8. The van der Waals surface area contributed by atoms with Gasteiger partial charge in [0.25, 0.3) is 0 Å². The van der Waals surface area contributed by atoms with E-state index in [2.05, 4.69) is 77.5 Å². The van der Waals surface area contributed by atoms with Gasteiger partial charge >= 0.3 is 7.82 Å². The van der Waals surface area contributed by atoms with Gasteiger partial charge in [-0.2, -0.15) is 0 Å². The molecule has 0 atom stereocenters. The molecule has 37 heavy (non-hydrogen) atoms. The van der Waals surface area contributed by atoms with Crippen molar-refractivity contribution in [3.8, 4) is 0 Å². The normalized spacial score (nSPS) is 11.6. The second kappa shape index (κ2) is 30.6. The van der Waals surface area contributed by atoms with Crippen LogP contribution >= 0.6 is 7.82 Å². The minimum absolute atomic E-state index is 0.169. The van der Waals surface area contributed by atoms with Crippen LogP contribution in [0.3, 0.4) is 0 Å². The third-order valence-corrected chi connectivity index (χ3v) is 6.11. The fourth-order valence-corrected chi connectivity index (χ4v) is 4.53. The predicted octanol–water partition coefficient (Wildman–Crippen LogP) is 9.14. The van der Waals surface area contributed by atoms with E-state index in [1.54, 1.807) is 0 Å². The molecule has 0 aromatic rings. The monoisotopic (exact) mass is 552 g/mol. The van der Waals surface area contributed by atoms with Crippen LogP contribution in [0.2, 0.25) is 0 Å². The van der Waals surface area contributed by atoms with E-state index in [0.717, 1.165) is 19.3 Å². The smallest absolute Gasteiger partial charge is 0.312 e. The summed E-state index contributed by atoms with van der Waals surface area (Å²) in [5.41, 5.74) is 0. The third-order valence-electron chi connectivity index (χ3n) is 5.59. The molecule has 0 amide bonds. The van der Waals surface area contributed by atoms with Crippen LogP contribution < -0.4 is 10.6 Å². The van der Waals surface area contributed by atoms with Gasteiger partial charge in [0.05, 0.1) is 6.61 Å². The molecule has 4 N–H and O–H groups in total. The van der Waals surface area contributed by atoms with Gasteiger partial charge in [-0.25, -0.2) is 4.57 Å². The average Bonchev–Trinajstić information content (AvgIpc) is 2.74. The van der Waals surface area contributed by atoms with Crippen molar-refractivity contribution in [3.63, 3.8) is 0 Å². The summed E-state index contributed by atoms with van der Waals surface area (Å²) in [5, 5.41) is 6.61. The molecule has 0 aliphatic rings. The van der Waals surface area contributed by atoms with E-state index in [4.69, 9.17) is 9.79 Å². The number of rotatable bonds is 22. The van der Waals surface area contributed by atoms with Crippen LogP contribution in [0.1, 0.15) is 165 Å². The van der Waals surface area contributed by atoms with E-state index in [9.17, 15) is 4.57 Å². The lowest BCUT2D eigenvalue weighted by molar-refractivity contribution is 0.193. The van der Waals surface area contributed by atoms with E-state index in [1.807, 2.05) is 0 Å². The van der Waals surface area contributed by atoms with E-state index in [1.165, 1.54) is 83.5 Å². The molecule has 0 unspecified atom stereocenters. The summed E-state index contributed by atoms with van der Waals surface area (Å²) in [5.74, 6) is 0. The molecule has 7 heteroatoms. The van der Waals surface area contributed by atoms with Gasteiger partial charge in [0.15, 0.2) is 0 Å². The van der Waals surface area contributed by atoms with E-state index >= 15 is 0 Å². The maximum absolute atomic E-state index is 10.5. The zero-order valence-corrected chi connectivity index (χ0v) is 27.4. The fraction of sp³-hybridized carbons (Fsp3) is 1.00. The topological polar surface area (TPSA) is 90.8 Å². The van der Waals surface area contributed by atoms with Crippen molar-refractivity contribution < 1.29 is 18.9 Å². The Hall–Kier alpha value is 0.0300. The number of hydrogen-bond donors (Lipinski definition) is 4. The molecule has 0 aromatic heterocycles. The molecule has 0 fully saturated rings. The lowest BCUT2D eigenvalue weighted by Crippen LogP contribution is -2.29. The first-order valence-electron chi connectivity index (χ1n) is 15.5. The Bertz CT molecular complexity index is 442. The first-order valence-corrected chi connectivity index (χ1v) is 17.1. The summed E-state index contributed by atoms with van der Waals surface area (Å²) in [6.07, 6.45) is 20.7. The minimum Gasteiger partial charge on any atom is -0.312 e. The Labute approximate surface area is 233 Å². The molecular formula is C30H69N2O4P. The summed E-state index contributed by atoms with van der Waals surface area (Å²) in [6, 6.07) is 2.50. The van der Waals surface area contributed by atoms with Crippen LogP contribution in [0.25, 0.3) is 0 Å². The minimum atomic E-state index is -4.26. The maximum atomic E-state index is 10.5. The lowest BCUT2D eigenvalue weighted by Gasteiger charge is -2.10. The summed E-state index contributed by atoms with van der Waals surface area (Å²) in [6.45, 7) is 19.7. The van der Waals surface area contributed by atoms with Gasteiger partial charge in [-0.3, -0.25) is 4.52 Å². The van der Waals surface area contributed by atoms with Gasteiger partial charge in [0.2, 0.25) is 0 Å². The molecule has 0 aliphatic heterocycles. The van der Waals surface area contributed by atoms with E-state index in [-0.39, 0.29) is 6.61 Å².